The van der Waals surface area contributed by atoms with Crippen molar-refractivity contribution in [3.8, 4) is 0 Å². The molecule has 0 unspecified atom stereocenters. The Morgan fingerprint density at radius 2 is 1.75 bits per heavy atom. The van der Waals surface area contributed by atoms with Gasteiger partial charge in [0, 0.05) is 57.4 Å². The Morgan fingerprint density at radius 3 is 2.50 bits per heavy atom. The Hall–Kier alpha value is -2.51. The van der Waals surface area contributed by atoms with Crippen molar-refractivity contribution in [2.75, 3.05) is 57.8 Å². The molecule has 2 N–H and O–H groups in total. The van der Waals surface area contributed by atoms with E-state index in [-0.39, 0.29) is 24.9 Å². The van der Waals surface area contributed by atoms with Gasteiger partial charge in [0.2, 0.25) is 0 Å². The lowest BCUT2D eigenvalue weighted by molar-refractivity contribution is -0.123. The summed E-state index contributed by atoms with van der Waals surface area (Å²) in [7, 11) is 1.50. The van der Waals surface area contributed by atoms with Crippen molar-refractivity contribution in [2.45, 2.75) is 0 Å². The van der Waals surface area contributed by atoms with E-state index in [1.165, 1.54) is 23.5 Å². The summed E-state index contributed by atoms with van der Waals surface area (Å²) >= 11 is 0. The van der Waals surface area contributed by atoms with Crippen molar-refractivity contribution in [1.29, 1.82) is 0 Å². The van der Waals surface area contributed by atoms with Crippen LogP contribution in [-0.2, 0) is 9.53 Å². The van der Waals surface area contributed by atoms with Crippen LogP contribution in [0.15, 0.2) is 42.5 Å². The van der Waals surface area contributed by atoms with Crippen LogP contribution in [0.2, 0.25) is 0 Å². The first-order valence-electron chi connectivity index (χ1n) is 9.23. The fraction of sp³-hybridized carbons (Fsp3) is 0.400. The second-order valence-corrected chi connectivity index (χ2v) is 6.50. The van der Waals surface area contributed by atoms with Crippen LogP contribution in [0.3, 0.4) is 0 Å². The fourth-order valence-corrected chi connectivity index (χ4v) is 3.27. The predicted octanol–water partition coefficient (Wildman–Crippen LogP) is 1.86. The van der Waals surface area contributed by atoms with Gasteiger partial charge >= 0.3 is 6.09 Å². The normalized spacial score (nSPS) is 14.2. The number of piperazine rings is 1. The van der Waals surface area contributed by atoms with Gasteiger partial charge in [-0.25, -0.2) is 4.79 Å². The Balaban J connectivity index is 0.00000280. The number of ether oxygens (including phenoxy) is 1. The number of anilines is 1. The predicted molar refractivity (Wildman–Crippen MR) is 113 cm³/mol. The third kappa shape index (κ3) is 5.74. The number of likely N-dealkylation sites (N-methyl/N-ethyl adjacent to an activating group) is 1. The summed E-state index contributed by atoms with van der Waals surface area (Å²) in [6.07, 6.45) is -0.562. The highest BCUT2D eigenvalue weighted by molar-refractivity contribution is 5.94. The molecule has 0 spiro atoms. The van der Waals surface area contributed by atoms with Crippen molar-refractivity contribution in [2.24, 2.45) is 0 Å². The molecule has 2 aromatic rings. The maximum Gasteiger partial charge on any atom is 0.407 e. The summed E-state index contributed by atoms with van der Waals surface area (Å²) in [5, 5.41) is 7.63. The molecule has 0 atom stereocenters. The molecule has 1 heterocycles. The molecule has 0 aliphatic carbocycles. The Labute approximate surface area is 171 Å². The van der Waals surface area contributed by atoms with E-state index in [0.717, 1.165) is 32.7 Å². The number of carbonyl (C=O) groups is 2. The maximum absolute atomic E-state index is 11.5. The third-order valence-electron chi connectivity index (χ3n) is 4.79. The topological polar surface area (TPSA) is 73.9 Å². The van der Waals surface area contributed by atoms with Gasteiger partial charge in [0.15, 0.2) is 6.61 Å². The molecule has 0 bridgehead atoms. The second kappa shape index (κ2) is 10.7. The first-order chi connectivity index (χ1) is 13.2. The molecule has 2 amide bonds. The lowest BCUT2D eigenvalue weighted by atomic mass is 10.1. The van der Waals surface area contributed by atoms with Crippen LogP contribution >= 0.6 is 12.4 Å². The summed E-state index contributed by atoms with van der Waals surface area (Å²) in [6.45, 7) is 4.80. The van der Waals surface area contributed by atoms with E-state index >= 15 is 0 Å². The highest BCUT2D eigenvalue weighted by atomic mass is 35.5. The molecule has 2 aromatic carbocycles. The molecule has 0 saturated carbocycles. The Kier molecular flexibility index (Phi) is 8.35. The number of halogens is 1. The zero-order valence-electron chi connectivity index (χ0n) is 16.0. The van der Waals surface area contributed by atoms with Crippen LogP contribution in [0.4, 0.5) is 10.5 Å². The minimum atomic E-state index is -0.562. The minimum absolute atomic E-state index is 0. The number of hydrogen-bond donors (Lipinski definition) is 2. The molecule has 1 saturated heterocycles. The molecule has 3 rings (SSSR count). The van der Waals surface area contributed by atoms with Crippen LogP contribution in [0.5, 0.6) is 0 Å². The standard InChI is InChI=1S/C20H26N4O3.ClH/c1-21-19(25)15-27-20(26)22-9-10-23-11-13-24(14-12-23)18-8-4-6-16-5-2-3-7-17(16)18;/h2-8H,9-15H2,1H3,(H,21,25)(H,22,26);1H. The number of benzene rings is 2. The molecule has 1 aliphatic heterocycles. The summed E-state index contributed by atoms with van der Waals surface area (Å²) in [4.78, 5) is 27.3. The highest BCUT2D eigenvalue weighted by Crippen LogP contribution is 2.27. The molecule has 152 valence electrons. The Morgan fingerprint density at radius 1 is 1.04 bits per heavy atom. The van der Waals surface area contributed by atoms with Crippen LogP contribution in [0, 0.1) is 0 Å². The van der Waals surface area contributed by atoms with Gasteiger partial charge in [0.05, 0.1) is 0 Å². The van der Waals surface area contributed by atoms with Crippen molar-refractivity contribution < 1.29 is 14.3 Å². The van der Waals surface area contributed by atoms with Crippen molar-refractivity contribution >= 4 is 40.9 Å². The van der Waals surface area contributed by atoms with Gasteiger partial charge < -0.3 is 20.3 Å². The van der Waals surface area contributed by atoms with Crippen molar-refractivity contribution in [3.05, 3.63) is 42.5 Å². The van der Waals surface area contributed by atoms with E-state index in [9.17, 15) is 9.59 Å². The maximum atomic E-state index is 11.5. The van der Waals surface area contributed by atoms with Gasteiger partial charge in [0.25, 0.3) is 5.91 Å². The van der Waals surface area contributed by atoms with Gasteiger partial charge in [-0.1, -0.05) is 36.4 Å². The minimum Gasteiger partial charge on any atom is -0.439 e. The van der Waals surface area contributed by atoms with Crippen LogP contribution in [-0.4, -0.2) is 69.8 Å². The SMILES string of the molecule is CNC(=O)COC(=O)NCCN1CCN(c2cccc3ccccc23)CC1.Cl. The largest absolute Gasteiger partial charge is 0.439 e. The van der Waals surface area contributed by atoms with E-state index in [0.29, 0.717) is 6.54 Å². The van der Waals surface area contributed by atoms with Gasteiger partial charge in [-0.2, -0.15) is 0 Å². The van der Waals surface area contributed by atoms with Crippen LogP contribution in [0.1, 0.15) is 0 Å². The quantitative estimate of drug-likeness (QED) is 0.766. The van der Waals surface area contributed by atoms with E-state index in [1.54, 1.807) is 0 Å². The molecule has 0 aromatic heterocycles. The van der Waals surface area contributed by atoms with Gasteiger partial charge in [-0.15, -0.1) is 12.4 Å². The average Bonchev–Trinajstić information content (AvgIpc) is 2.72. The zero-order valence-corrected chi connectivity index (χ0v) is 16.8. The molecule has 28 heavy (non-hydrogen) atoms. The third-order valence-corrected chi connectivity index (χ3v) is 4.79. The molecule has 1 aliphatic rings. The number of hydrogen-bond acceptors (Lipinski definition) is 5. The van der Waals surface area contributed by atoms with E-state index in [1.807, 2.05) is 0 Å². The number of fused-ring (bicyclic) bond motifs is 1. The average molecular weight is 407 g/mol. The monoisotopic (exact) mass is 406 g/mol. The number of carbonyl (C=O) groups excluding carboxylic acids is 2. The number of nitrogens with zero attached hydrogens (tertiary/aromatic N) is 2. The number of alkyl carbamates (subject to hydrolysis) is 1. The molecule has 1 fully saturated rings. The molecule has 0 radical (unpaired) electrons. The lowest BCUT2D eigenvalue weighted by Gasteiger charge is -2.36. The number of nitrogens with one attached hydrogen (secondary N) is 2. The second-order valence-electron chi connectivity index (χ2n) is 6.50. The van der Waals surface area contributed by atoms with Crippen molar-refractivity contribution in [1.82, 2.24) is 15.5 Å². The summed E-state index contributed by atoms with van der Waals surface area (Å²) in [6, 6.07) is 14.9. The van der Waals surface area contributed by atoms with E-state index < -0.39 is 6.09 Å². The molecular formula is C20H27ClN4O3. The van der Waals surface area contributed by atoms with Gasteiger partial charge in [-0.3, -0.25) is 9.69 Å². The first-order valence-corrected chi connectivity index (χ1v) is 9.23. The lowest BCUT2D eigenvalue weighted by Crippen LogP contribution is -2.48. The van der Waals surface area contributed by atoms with E-state index in [2.05, 4.69) is 62.9 Å². The van der Waals surface area contributed by atoms with Crippen molar-refractivity contribution in [3.63, 3.8) is 0 Å². The van der Waals surface area contributed by atoms with E-state index in [4.69, 9.17) is 4.74 Å². The Bertz CT molecular complexity index is 789. The number of rotatable bonds is 6. The number of amides is 2. The van der Waals surface area contributed by atoms with Crippen LogP contribution < -0.4 is 15.5 Å². The van der Waals surface area contributed by atoms with Gasteiger partial charge in [0.1, 0.15) is 0 Å². The highest BCUT2D eigenvalue weighted by Gasteiger charge is 2.18. The summed E-state index contributed by atoms with van der Waals surface area (Å²) in [5.41, 5.74) is 1.28. The van der Waals surface area contributed by atoms with Crippen LogP contribution in [0.25, 0.3) is 10.8 Å². The zero-order chi connectivity index (χ0) is 19.1. The molecular weight excluding hydrogens is 380 g/mol. The molecule has 7 nitrogen and oxygen atoms in total. The smallest absolute Gasteiger partial charge is 0.407 e. The summed E-state index contributed by atoms with van der Waals surface area (Å²) < 4.78 is 4.81. The summed E-state index contributed by atoms with van der Waals surface area (Å²) in [5.74, 6) is -0.324. The fourth-order valence-electron chi connectivity index (χ4n) is 3.27. The van der Waals surface area contributed by atoms with Gasteiger partial charge in [-0.05, 0) is 11.5 Å². The first kappa shape index (κ1) is 21.8. The molecule has 8 heteroatoms.